The molecule has 1 aromatic carbocycles. The molecule has 0 atom stereocenters. The van der Waals surface area contributed by atoms with E-state index in [9.17, 15) is 4.79 Å². The molecule has 0 fully saturated rings. The Hall–Kier alpha value is -2.28. The van der Waals surface area contributed by atoms with Gasteiger partial charge >= 0.3 is 5.69 Å². The van der Waals surface area contributed by atoms with Crippen molar-refractivity contribution in [3.8, 4) is 0 Å². The van der Waals surface area contributed by atoms with Gasteiger partial charge in [0.05, 0.1) is 5.52 Å². The number of fused-ring (bicyclic) bond motifs is 1. The number of nitrogen functional groups attached to an aromatic ring is 1. The molecule has 3 N–H and O–H groups in total. The Labute approximate surface area is 125 Å². The minimum Gasteiger partial charge on any atom is -0.398 e. The highest BCUT2D eigenvalue weighted by molar-refractivity contribution is 7.99. The zero-order valence-electron chi connectivity index (χ0n) is 11.5. The van der Waals surface area contributed by atoms with Gasteiger partial charge in [-0.3, -0.25) is 9.55 Å². The minimum absolute atomic E-state index is 0.188. The molecule has 0 spiro atoms. The minimum atomic E-state index is -0.188. The van der Waals surface area contributed by atoms with E-state index >= 15 is 0 Å². The second kappa shape index (κ2) is 5.61. The molecule has 21 heavy (non-hydrogen) atoms. The summed E-state index contributed by atoms with van der Waals surface area (Å²) in [5.41, 5.74) is 7.30. The van der Waals surface area contributed by atoms with Gasteiger partial charge in [0.2, 0.25) is 0 Å². The van der Waals surface area contributed by atoms with Crippen LogP contribution in [0.25, 0.3) is 10.9 Å². The van der Waals surface area contributed by atoms with Crippen molar-refractivity contribution in [3.05, 3.63) is 40.9 Å². The summed E-state index contributed by atoms with van der Waals surface area (Å²) in [6.07, 6.45) is 2.60. The van der Waals surface area contributed by atoms with Crippen LogP contribution in [0, 0.1) is 0 Å². The molecule has 0 aliphatic carbocycles. The maximum atomic E-state index is 11.7. The lowest BCUT2D eigenvalue weighted by atomic mass is 10.2. The zero-order valence-corrected chi connectivity index (χ0v) is 12.4. The quantitative estimate of drug-likeness (QED) is 0.721. The molecular weight excluding hydrogens is 286 g/mol. The Morgan fingerprint density at radius 3 is 3.05 bits per heavy atom. The van der Waals surface area contributed by atoms with Crippen LogP contribution in [0.3, 0.4) is 0 Å². The summed E-state index contributed by atoms with van der Waals surface area (Å²) in [4.78, 5) is 17.1. The maximum Gasteiger partial charge on any atom is 0.343 e. The summed E-state index contributed by atoms with van der Waals surface area (Å²) < 4.78 is 1.63. The number of nitrogens with one attached hydrogen (secondary N) is 1. The molecule has 7 heteroatoms. The maximum absolute atomic E-state index is 11.7. The molecule has 0 amide bonds. The van der Waals surface area contributed by atoms with Crippen LogP contribution < -0.4 is 11.4 Å². The molecular formula is C14H15N5OS. The monoisotopic (exact) mass is 301 g/mol. The Bertz CT molecular complexity index is 839. The molecule has 0 aliphatic heterocycles. The Kier molecular flexibility index (Phi) is 3.66. The van der Waals surface area contributed by atoms with Crippen LogP contribution in [-0.2, 0) is 6.54 Å². The van der Waals surface area contributed by atoms with Crippen LogP contribution >= 0.6 is 11.8 Å². The highest BCUT2D eigenvalue weighted by Crippen LogP contribution is 2.33. The van der Waals surface area contributed by atoms with Gasteiger partial charge in [-0.25, -0.2) is 9.89 Å². The van der Waals surface area contributed by atoms with Crippen LogP contribution in [0.4, 0.5) is 5.69 Å². The molecule has 2 aromatic heterocycles. The van der Waals surface area contributed by atoms with Gasteiger partial charge < -0.3 is 5.73 Å². The van der Waals surface area contributed by atoms with Crippen molar-refractivity contribution in [1.29, 1.82) is 0 Å². The molecule has 2 heterocycles. The molecule has 6 nitrogen and oxygen atoms in total. The van der Waals surface area contributed by atoms with Crippen molar-refractivity contribution in [3.63, 3.8) is 0 Å². The average molecular weight is 301 g/mol. The fraction of sp³-hybridized carbons (Fsp3) is 0.214. The number of H-pyrrole nitrogens is 1. The van der Waals surface area contributed by atoms with E-state index < -0.39 is 0 Å². The summed E-state index contributed by atoms with van der Waals surface area (Å²) in [6, 6.07) is 7.55. The largest absolute Gasteiger partial charge is 0.398 e. The van der Waals surface area contributed by atoms with Gasteiger partial charge in [0, 0.05) is 28.7 Å². The fourth-order valence-corrected chi connectivity index (χ4v) is 3.12. The van der Waals surface area contributed by atoms with Crippen molar-refractivity contribution < 1.29 is 0 Å². The van der Waals surface area contributed by atoms with E-state index in [-0.39, 0.29) is 5.69 Å². The van der Waals surface area contributed by atoms with Crippen molar-refractivity contribution in [2.45, 2.75) is 29.9 Å². The first-order chi connectivity index (χ1) is 10.2. The van der Waals surface area contributed by atoms with Crippen LogP contribution in [0.15, 0.2) is 45.3 Å². The molecule has 3 aromatic rings. The molecule has 0 aliphatic rings. The molecule has 0 bridgehead atoms. The number of aromatic amines is 1. The van der Waals surface area contributed by atoms with Crippen molar-refractivity contribution >= 4 is 28.4 Å². The zero-order chi connectivity index (χ0) is 14.8. The van der Waals surface area contributed by atoms with Crippen LogP contribution in [0.5, 0.6) is 0 Å². The Balaban J connectivity index is 2.07. The Morgan fingerprint density at radius 2 is 2.24 bits per heavy atom. The van der Waals surface area contributed by atoms with E-state index in [4.69, 9.17) is 5.73 Å². The van der Waals surface area contributed by atoms with Crippen LogP contribution in [-0.4, -0.2) is 19.7 Å². The molecule has 108 valence electrons. The van der Waals surface area contributed by atoms with E-state index in [0.717, 1.165) is 22.2 Å². The van der Waals surface area contributed by atoms with Crippen LogP contribution in [0.2, 0.25) is 0 Å². The topological polar surface area (TPSA) is 89.6 Å². The molecule has 3 rings (SSSR count). The number of hydrogen-bond donors (Lipinski definition) is 2. The third-order valence-corrected chi connectivity index (χ3v) is 4.18. The summed E-state index contributed by atoms with van der Waals surface area (Å²) >= 11 is 1.42. The molecule has 0 unspecified atom stereocenters. The fourth-order valence-electron chi connectivity index (χ4n) is 2.15. The van der Waals surface area contributed by atoms with E-state index in [0.29, 0.717) is 17.4 Å². The number of aromatic nitrogens is 4. The summed E-state index contributed by atoms with van der Waals surface area (Å²) in [6.45, 7) is 2.66. The summed E-state index contributed by atoms with van der Waals surface area (Å²) in [7, 11) is 0. The van der Waals surface area contributed by atoms with Gasteiger partial charge in [-0.15, -0.1) is 5.10 Å². The first kappa shape index (κ1) is 13.7. The number of anilines is 1. The Morgan fingerprint density at radius 1 is 1.38 bits per heavy atom. The van der Waals surface area contributed by atoms with Gasteiger partial charge in [-0.05, 0) is 42.4 Å². The lowest BCUT2D eigenvalue weighted by molar-refractivity contribution is 0.604. The number of hydrogen-bond acceptors (Lipinski definition) is 5. The highest BCUT2D eigenvalue weighted by atomic mass is 32.2. The van der Waals surface area contributed by atoms with Gasteiger partial charge in [0.1, 0.15) is 0 Å². The standard InChI is InChI=1S/C14H15N5OS/c1-2-8-19-13(20)17-18-14(19)21-11-6-5-10(15)9-4-3-7-16-12(9)11/h3-7H,2,8,15H2,1H3,(H,17,20). The first-order valence-corrected chi connectivity index (χ1v) is 7.48. The van der Waals surface area contributed by atoms with E-state index in [2.05, 4.69) is 15.2 Å². The van der Waals surface area contributed by atoms with E-state index in [1.54, 1.807) is 10.8 Å². The number of nitrogens with zero attached hydrogens (tertiary/aromatic N) is 3. The lowest BCUT2D eigenvalue weighted by Crippen LogP contribution is -2.17. The van der Waals surface area contributed by atoms with Gasteiger partial charge in [0.25, 0.3) is 0 Å². The number of rotatable bonds is 4. The van der Waals surface area contributed by atoms with Crippen molar-refractivity contribution in [1.82, 2.24) is 19.7 Å². The van der Waals surface area contributed by atoms with Crippen molar-refractivity contribution in [2.24, 2.45) is 0 Å². The summed E-state index contributed by atoms with van der Waals surface area (Å²) in [5, 5.41) is 8.12. The number of nitrogens with two attached hydrogens (primary N) is 1. The second-order valence-electron chi connectivity index (χ2n) is 4.62. The normalized spacial score (nSPS) is 11.1. The van der Waals surface area contributed by atoms with E-state index in [1.165, 1.54) is 11.8 Å². The molecule has 0 radical (unpaired) electrons. The summed E-state index contributed by atoms with van der Waals surface area (Å²) in [5.74, 6) is 0. The number of benzene rings is 1. The predicted molar refractivity (Wildman–Crippen MR) is 83.4 cm³/mol. The second-order valence-corrected chi connectivity index (χ2v) is 5.63. The third kappa shape index (κ3) is 2.52. The van der Waals surface area contributed by atoms with E-state index in [1.807, 2.05) is 31.2 Å². The average Bonchev–Trinajstić information content (AvgIpc) is 2.84. The predicted octanol–water partition coefficient (Wildman–Crippen LogP) is 2.26. The van der Waals surface area contributed by atoms with Crippen LogP contribution in [0.1, 0.15) is 13.3 Å². The molecule has 0 saturated heterocycles. The smallest absolute Gasteiger partial charge is 0.343 e. The molecule has 0 saturated carbocycles. The van der Waals surface area contributed by atoms with Crippen molar-refractivity contribution in [2.75, 3.05) is 5.73 Å². The SMILES string of the molecule is CCCn1c(Sc2ccc(N)c3cccnc23)n[nH]c1=O. The van der Waals surface area contributed by atoms with Gasteiger partial charge in [0.15, 0.2) is 5.16 Å². The first-order valence-electron chi connectivity index (χ1n) is 6.67. The number of pyridine rings is 1. The third-order valence-electron chi connectivity index (χ3n) is 3.14. The van der Waals surface area contributed by atoms with Gasteiger partial charge in [-0.1, -0.05) is 6.92 Å². The highest BCUT2D eigenvalue weighted by Gasteiger charge is 2.12. The van der Waals surface area contributed by atoms with Gasteiger partial charge in [-0.2, -0.15) is 0 Å². The lowest BCUT2D eigenvalue weighted by Gasteiger charge is -2.07.